The summed E-state index contributed by atoms with van der Waals surface area (Å²) in [4.78, 5) is 23.3. The largest absolute Gasteiger partial charge is 0.481 e. The Balaban J connectivity index is 1.87. The first-order chi connectivity index (χ1) is 10.6. The van der Waals surface area contributed by atoms with Gasteiger partial charge in [0, 0.05) is 13.0 Å². The fourth-order valence-electron chi connectivity index (χ4n) is 2.98. The van der Waals surface area contributed by atoms with Crippen LogP contribution in [0.3, 0.4) is 0 Å². The number of benzene rings is 1. The molecule has 0 aromatic heterocycles. The fourth-order valence-corrected chi connectivity index (χ4v) is 2.98. The van der Waals surface area contributed by atoms with E-state index in [-0.39, 0.29) is 12.5 Å². The van der Waals surface area contributed by atoms with Gasteiger partial charge in [-0.25, -0.2) is 4.39 Å². The topological polar surface area (TPSA) is 66.4 Å². The maximum absolute atomic E-state index is 12.9. The molecule has 1 saturated carbocycles. The summed E-state index contributed by atoms with van der Waals surface area (Å²) >= 11 is 0. The van der Waals surface area contributed by atoms with E-state index in [1.807, 2.05) is 0 Å². The Bertz CT molecular complexity index is 509. The Labute approximate surface area is 129 Å². The zero-order valence-corrected chi connectivity index (χ0v) is 12.6. The molecule has 0 spiro atoms. The van der Waals surface area contributed by atoms with E-state index in [1.54, 1.807) is 0 Å². The molecule has 1 unspecified atom stereocenters. The van der Waals surface area contributed by atoms with E-state index in [0.717, 1.165) is 12.8 Å². The van der Waals surface area contributed by atoms with Crippen LogP contribution in [-0.4, -0.2) is 23.5 Å². The van der Waals surface area contributed by atoms with Crippen LogP contribution < -0.4 is 5.32 Å². The Morgan fingerprint density at radius 3 is 2.41 bits per heavy atom. The molecule has 0 heterocycles. The van der Waals surface area contributed by atoms with Gasteiger partial charge in [-0.2, -0.15) is 0 Å². The third-order valence-corrected chi connectivity index (χ3v) is 4.27. The van der Waals surface area contributed by atoms with Crippen LogP contribution in [0.25, 0.3) is 0 Å². The van der Waals surface area contributed by atoms with Crippen molar-refractivity contribution in [2.75, 3.05) is 6.54 Å². The van der Waals surface area contributed by atoms with Crippen molar-refractivity contribution in [3.05, 3.63) is 35.6 Å². The molecule has 1 aliphatic rings. The summed E-state index contributed by atoms with van der Waals surface area (Å²) in [6.07, 6.45) is 6.21. The Hall–Kier alpha value is -1.91. The van der Waals surface area contributed by atoms with Gasteiger partial charge in [0.15, 0.2) is 0 Å². The first-order valence-corrected chi connectivity index (χ1v) is 7.81. The Kier molecular flexibility index (Phi) is 5.92. The summed E-state index contributed by atoms with van der Waals surface area (Å²) in [5.74, 6) is -1.96. The summed E-state index contributed by atoms with van der Waals surface area (Å²) in [7, 11) is 0. The molecule has 22 heavy (non-hydrogen) atoms. The molecule has 1 aromatic rings. The van der Waals surface area contributed by atoms with E-state index in [0.29, 0.717) is 17.9 Å². The van der Waals surface area contributed by atoms with Gasteiger partial charge in [0.05, 0.1) is 5.92 Å². The maximum Gasteiger partial charge on any atom is 0.312 e. The minimum Gasteiger partial charge on any atom is -0.481 e. The number of nitrogens with one attached hydrogen (secondary N) is 1. The molecule has 1 fully saturated rings. The molecule has 0 bridgehead atoms. The lowest BCUT2D eigenvalue weighted by molar-refractivity contribution is -0.138. The molecule has 1 aliphatic carbocycles. The van der Waals surface area contributed by atoms with Gasteiger partial charge in [0.1, 0.15) is 5.82 Å². The summed E-state index contributed by atoms with van der Waals surface area (Å²) in [6, 6.07) is 5.35. The quantitative estimate of drug-likeness (QED) is 0.848. The minimum absolute atomic E-state index is 0.0342. The second kappa shape index (κ2) is 7.92. The van der Waals surface area contributed by atoms with Gasteiger partial charge in [0.25, 0.3) is 0 Å². The average molecular weight is 307 g/mol. The van der Waals surface area contributed by atoms with Crippen molar-refractivity contribution >= 4 is 11.9 Å². The van der Waals surface area contributed by atoms with Gasteiger partial charge in [-0.05, 0) is 36.5 Å². The normalized spacial score (nSPS) is 17.0. The summed E-state index contributed by atoms with van der Waals surface area (Å²) in [5.41, 5.74) is 0.492. The van der Waals surface area contributed by atoms with Crippen molar-refractivity contribution in [2.24, 2.45) is 5.92 Å². The van der Waals surface area contributed by atoms with Gasteiger partial charge in [-0.15, -0.1) is 0 Å². The number of carbonyl (C=O) groups excluding carboxylic acids is 1. The van der Waals surface area contributed by atoms with Crippen molar-refractivity contribution in [3.8, 4) is 0 Å². The molecule has 2 N–H and O–H groups in total. The summed E-state index contributed by atoms with van der Waals surface area (Å²) in [5, 5.41) is 12.0. The predicted molar refractivity (Wildman–Crippen MR) is 81.0 cm³/mol. The third kappa shape index (κ3) is 4.83. The fraction of sp³-hybridized carbons (Fsp3) is 0.529. The average Bonchev–Trinajstić information content (AvgIpc) is 2.50. The van der Waals surface area contributed by atoms with Crippen LogP contribution in [0.5, 0.6) is 0 Å². The van der Waals surface area contributed by atoms with E-state index in [1.165, 1.54) is 43.5 Å². The zero-order chi connectivity index (χ0) is 15.9. The molecular weight excluding hydrogens is 285 g/mol. The summed E-state index contributed by atoms with van der Waals surface area (Å²) in [6.45, 7) is 0.0342. The monoisotopic (exact) mass is 307 g/mol. The molecule has 0 aliphatic heterocycles. The van der Waals surface area contributed by atoms with Crippen LogP contribution in [0, 0.1) is 11.7 Å². The van der Waals surface area contributed by atoms with Crippen LogP contribution in [0.15, 0.2) is 24.3 Å². The number of carboxylic acids is 1. The second-order valence-electron chi connectivity index (χ2n) is 5.95. The number of hydrogen-bond acceptors (Lipinski definition) is 2. The lowest BCUT2D eigenvalue weighted by atomic mass is 9.87. The number of hydrogen-bond donors (Lipinski definition) is 2. The molecular formula is C17H22FNO3. The highest BCUT2D eigenvalue weighted by molar-refractivity contribution is 5.79. The van der Waals surface area contributed by atoms with Crippen molar-refractivity contribution < 1.29 is 19.1 Å². The van der Waals surface area contributed by atoms with Crippen molar-refractivity contribution in [1.29, 1.82) is 0 Å². The van der Waals surface area contributed by atoms with E-state index in [9.17, 15) is 19.1 Å². The second-order valence-corrected chi connectivity index (χ2v) is 5.95. The first-order valence-electron chi connectivity index (χ1n) is 7.81. The van der Waals surface area contributed by atoms with Gasteiger partial charge < -0.3 is 10.4 Å². The zero-order valence-electron chi connectivity index (χ0n) is 12.6. The number of aliphatic carboxylic acids is 1. The van der Waals surface area contributed by atoms with E-state index < -0.39 is 17.7 Å². The number of halogens is 1. The number of amides is 1. The van der Waals surface area contributed by atoms with E-state index in [4.69, 9.17) is 0 Å². The lowest BCUT2D eigenvalue weighted by Crippen LogP contribution is -2.33. The van der Waals surface area contributed by atoms with Crippen LogP contribution >= 0.6 is 0 Å². The van der Waals surface area contributed by atoms with Crippen LogP contribution in [0.4, 0.5) is 4.39 Å². The Morgan fingerprint density at radius 2 is 1.82 bits per heavy atom. The minimum atomic E-state index is -1.02. The predicted octanol–water partition coefficient (Wildman–Crippen LogP) is 3.08. The molecule has 1 amide bonds. The number of carbonyl (C=O) groups is 2. The molecule has 4 nitrogen and oxygen atoms in total. The highest BCUT2D eigenvalue weighted by Gasteiger charge is 2.22. The smallest absolute Gasteiger partial charge is 0.312 e. The third-order valence-electron chi connectivity index (χ3n) is 4.27. The van der Waals surface area contributed by atoms with E-state index >= 15 is 0 Å². The van der Waals surface area contributed by atoms with Gasteiger partial charge in [-0.1, -0.05) is 31.4 Å². The Morgan fingerprint density at radius 1 is 1.18 bits per heavy atom. The van der Waals surface area contributed by atoms with Crippen molar-refractivity contribution in [1.82, 2.24) is 5.32 Å². The van der Waals surface area contributed by atoms with Crippen LogP contribution in [-0.2, 0) is 9.59 Å². The van der Waals surface area contributed by atoms with Crippen molar-refractivity contribution in [3.63, 3.8) is 0 Å². The van der Waals surface area contributed by atoms with Crippen LogP contribution in [0.1, 0.15) is 50.0 Å². The molecule has 2 rings (SSSR count). The highest BCUT2D eigenvalue weighted by Crippen LogP contribution is 2.26. The first kappa shape index (κ1) is 16.5. The highest BCUT2D eigenvalue weighted by atomic mass is 19.1. The number of carboxylic acid groups (broad SMARTS) is 1. The maximum atomic E-state index is 12.9. The van der Waals surface area contributed by atoms with Gasteiger partial charge in [-0.3, -0.25) is 9.59 Å². The van der Waals surface area contributed by atoms with Gasteiger partial charge >= 0.3 is 5.97 Å². The molecule has 5 heteroatoms. The standard InChI is InChI=1S/C17H22FNO3/c18-14-8-6-13(7-9-14)15(17(21)22)11-19-16(20)10-12-4-2-1-3-5-12/h6-9,12,15H,1-5,10-11H2,(H,19,20)(H,21,22). The molecule has 0 radical (unpaired) electrons. The van der Waals surface area contributed by atoms with Crippen molar-refractivity contribution in [2.45, 2.75) is 44.4 Å². The molecule has 1 atom stereocenters. The molecule has 1 aromatic carbocycles. The van der Waals surface area contributed by atoms with E-state index in [2.05, 4.69) is 5.32 Å². The lowest BCUT2D eigenvalue weighted by Gasteiger charge is -2.21. The molecule has 0 saturated heterocycles. The summed E-state index contributed by atoms with van der Waals surface area (Å²) < 4.78 is 12.9. The molecule has 120 valence electrons. The number of rotatable bonds is 6. The van der Waals surface area contributed by atoms with Gasteiger partial charge in [0.2, 0.25) is 5.91 Å². The SMILES string of the molecule is O=C(CC1CCCCC1)NCC(C(=O)O)c1ccc(F)cc1. The van der Waals surface area contributed by atoms with Crippen LogP contribution in [0.2, 0.25) is 0 Å².